The van der Waals surface area contributed by atoms with Gasteiger partial charge in [-0.1, -0.05) is 6.07 Å². The fourth-order valence-electron chi connectivity index (χ4n) is 1.57. The third-order valence-electron chi connectivity index (χ3n) is 2.39. The molecule has 0 spiro atoms. The van der Waals surface area contributed by atoms with Crippen LogP contribution < -0.4 is 14.8 Å². The van der Waals surface area contributed by atoms with Gasteiger partial charge in [-0.2, -0.15) is 0 Å². The molecular weight excluding hydrogens is 204 g/mol. The summed E-state index contributed by atoms with van der Waals surface area (Å²) in [7, 11) is 1.65. The van der Waals surface area contributed by atoms with Gasteiger partial charge in [0.15, 0.2) is 0 Å². The maximum absolute atomic E-state index is 5.61. The van der Waals surface area contributed by atoms with Crippen LogP contribution in [0.1, 0.15) is 6.42 Å². The van der Waals surface area contributed by atoms with Crippen molar-refractivity contribution in [2.45, 2.75) is 6.42 Å². The number of nitrogens with zero attached hydrogens (tertiary/aromatic N) is 1. The predicted octanol–water partition coefficient (Wildman–Crippen LogP) is 1.47. The Balaban J connectivity index is 1.80. The van der Waals surface area contributed by atoms with Gasteiger partial charge in [-0.25, -0.2) is 0 Å². The molecule has 1 aliphatic rings. The molecule has 0 aromatic heterocycles. The Morgan fingerprint density at radius 1 is 1.38 bits per heavy atom. The Morgan fingerprint density at radius 2 is 2.25 bits per heavy atom. The molecule has 0 amide bonds. The smallest absolute Gasteiger partial charge is 0.123 e. The highest BCUT2D eigenvalue weighted by molar-refractivity contribution is 5.83. The number of hydrogen-bond donors (Lipinski definition) is 1. The van der Waals surface area contributed by atoms with Gasteiger partial charge in [-0.15, -0.1) is 0 Å². The molecule has 0 saturated heterocycles. The Morgan fingerprint density at radius 3 is 3.00 bits per heavy atom. The predicted molar refractivity (Wildman–Crippen MR) is 63.4 cm³/mol. The van der Waals surface area contributed by atoms with Crippen LogP contribution in [0.5, 0.6) is 11.5 Å². The van der Waals surface area contributed by atoms with Gasteiger partial charge in [0, 0.05) is 19.0 Å². The molecule has 0 fully saturated rings. The second kappa shape index (κ2) is 5.39. The molecule has 1 aliphatic heterocycles. The van der Waals surface area contributed by atoms with E-state index < -0.39 is 0 Å². The van der Waals surface area contributed by atoms with Gasteiger partial charge >= 0.3 is 0 Å². The molecule has 1 aromatic rings. The van der Waals surface area contributed by atoms with E-state index in [0.29, 0.717) is 6.61 Å². The van der Waals surface area contributed by atoms with E-state index in [1.165, 1.54) is 0 Å². The summed E-state index contributed by atoms with van der Waals surface area (Å²) >= 11 is 0. The first-order chi connectivity index (χ1) is 7.88. The summed E-state index contributed by atoms with van der Waals surface area (Å²) in [6.07, 6.45) is 0.831. The normalized spacial score (nSPS) is 14.2. The van der Waals surface area contributed by atoms with E-state index >= 15 is 0 Å². The van der Waals surface area contributed by atoms with Crippen LogP contribution in [-0.4, -0.2) is 32.6 Å². The molecule has 0 bridgehead atoms. The minimum atomic E-state index is 0.638. The first-order valence-electron chi connectivity index (χ1n) is 5.42. The quantitative estimate of drug-likeness (QED) is 0.817. The van der Waals surface area contributed by atoms with Crippen LogP contribution in [0.3, 0.4) is 0 Å². The summed E-state index contributed by atoms with van der Waals surface area (Å²) in [5, 5.41) is 3.21. The molecule has 4 heteroatoms. The Hall–Kier alpha value is -1.71. The van der Waals surface area contributed by atoms with Crippen LogP contribution in [0.15, 0.2) is 29.3 Å². The average molecular weight is 220 g/mol. The summed E-state index contributed by atoms with van der Waals surface area (Å²) < 4.78 is 10.7. The molecule has 4 nitrogen and oxygen atoms in total. The van der Waals surface area contributed by atoms with Crippen molar-refractivity contribution < 1.29 is 9.47 Å². The molecule has 0 saturated carbocycles. The monoisotopic (exact) mass is 220 g/mol. The lowest BCUT2D eigenvalue weighted by Gasteiger charge is -2.07. The summed E-state index contributed by atoms with van der Waals surface area (Å²) in [6.45, 7) is 2.47. The first-order valence-corrected chi connectivity index (χ1v) is 5.42. The van der Waals surface area contributed by atoms with Crippen LogP contribution in [0, 0.1) is 0 Å². The minimum absolute atomic E-state index is 0.638. The highest BCUT2D eigenvalue weighted by atomic mass is 16.5. The Bertz CT molecular complexity index is 377. The number of methoxy groups -OCH3 is 1. The fourth-order valence-corrected chi connectivity index (χ4v) is 1.57. The van der Waals surface area contributed by atoms with Gasteiger partial charge in [-0.05, 0) is 12.1 Å². The lowest BCUT2D eigenvalue weighted by Crippen LogP contribution is -2.20. The van der Waals surface area contributed by atoms with Crippen molar-refractivity contribution in [2.24, 2.45) is 4.99 Å². The van der Waals surface area contributed by atoms with E-state index in [9.17, 15) is 0 Å². The summed E-state index contributed by atoms with van der Waals surface area (Å²) in [6, 6.07) is 7.62. The zero-order valence-electron chi connectivity index (χ0n) is 9.40. The van der Waals surface area contributed by atoms with E-state index in [1.807, 2.05) is 24.3 Å². The second-order valence-electron chi connectivity index (χ2n) is 3.53. The van der Waals surface area contributed by atoms with Gasteiger partial charge in [0.1, 0.15) is 11.5 Å². The molecule has 1 heterocycles. The standard InChI is InChI=1S/C12H16N2O2/c1-15-10-3-2-4-11(9-10)16-8-5-12-13-6-7-14-12/h2-4,9H,5-8H2,1H3,(H,13,14). The lowest BCUT2D eigenvalue weighted by molar-refractivity contribution is 0.325. The van der Waals surface area contributed by atoms with Crippen molar-refractivity contribution in [1.29, 1.82) is 0 Å². The third kappa shape index (κ3) is 2.89. The molecule has 2 rings (SSSR count). The van der Waals surface area contributed by atoms with Crippen molar-refractivity contribution in [1.82, 2.24) is 5.32 Å². The molecule has 16 heavy (non-hydrogen) atoms. The summed E-state index contributed by atoms with van der Waals surface area (Å²) in [5.74, 6) is 2.69. The molecule has 86 valence electrons. The van der Waals surface area contributed by atoms with Gasteiger partial charge < -0.3 is 14.8 Å². The fraction of sp³-hybridized carbons (Fsp3) is 0.417. The maximum Gasteiger partial charge on any atom is 0.123 e. The van der Waals surface area contributed by atoms with Gasteiger partial charge in [0.25, 0.3) is 0 Å². The molecule has 1 N–H and O–H groups in total. The van der Waals surface area contributed by atoms with Gasteiger partial charge in [-0.3, -0.25) is 4.99 Å². The largest absolute Gasteiger partial charge is 0.497 e. The van der Waals surface area contributed by atoms with Crippen LogP contribution in [0.2, 0.25) is 0 Å². The number of amidine groups is 1. The van der Waals surface area contributed by atoms with E-state index in [1.54, 1.807) is 7.11 Å². The summed E-state index contributed by atoms with van der Waals surface area (Å²) in [5.41, 5.74) is 0. The van der Waals surface area contributed by atoms with Crippen LogP contribution in [0.4, 0.5) is 0 Å². The molecule has 0 radical (unpaired) electrons. The number of ether oxygens (including phenoxy) is 2. The Kier molecular flexibility index (Phi) is 3.64. The Labute approximate surface area is 95.3 Å². The number of nitrogens with one attached hydrogen (secondary N) is 1. The van der Waals surface area contributed by atoms with Gasteiger partial charge in [0.05, 0.1) is 26.1 Å². The number of benzene rings is 1. The van der Waals surface area contributed by atoms with Crippen molar-refractivity contribution in [2.75, 3.05) is 26.8 Å². The molecular formula is C12H16N2O2. The highest BCUT2D eigenvalue weighted by Crippen LogP contribution is 2.18. The van der Waals surface area contributed by atoms with Crippen LogP contribution >= 0.6 is 0 Å². The molecule has 1 aromatic carbocycles. The third-order valence-corrected chi connectivity index (χ3v) is 2.39. The van der Waals surface area contributed by atoms with E-state index in [2.05, 4.69) is 10.3 Å². The highest BCUT2D eigenvalue weighted by Gasteiger charge is 2.04. The number of hydrogen-bond acceptors (Lipinski definition) is 4. The minimum Gasteiger partial charge on any atom is -0.497 e. The topological polar surface area (TPSA) is 42.9 Å². The SMILES string of the molecule is COc1cccc(OCCC2=NCCN2)c1. The van der Waals surface area contributed by atoms with Crippen molar-refractivity contribution in [3.8, 4) is 11.5 Å². The number of rotatable bonds is 5. The lowest BCUT2D eigenvalue weighted by atomic mass is 10.3. The van der Waals surface area contributed by atoms with Crippen molar-refractivity contribution in [3.05, 3.63) is 24.3 Å². The van der Waals surface area contributed by atoms with E-state index in [0.717, 1.165) is 36.8 Å². The van der Waals surface area contributed by atoms with E-state index in [-0.39, 0.29) is 0 Å². The zero-order chi connectivity index (χ0) is 11.2. The zero-order valence-corrected chi connectivity index (χ0v) is 9.40. The molecule has 0 unspecified atom stereocenters. The maximum atomic E-state index is 5.61. The number of aliphatic imine (C=N–C) groups is 1. The van der Waals surface area contributed by atoms with Crippen molar-refractivity contribution >= 4 is 5.84 Å². The summed E-state index contributed by atoms with van der Waals surface area (Å²) in [4.78, 5) is 4.30. The molecule has 0 atom stereocenters. The van der Waals surface area contributed by atoms with E-state index in [4.69, 9.17) is 9.47 Å². The van der Waals surface area contributed by atoms with Crippen LogP contribution in [0.25, 0.3) is 0 Å². The van der Waals surface area contributed by atoms with Gasteiger partial charge in [0.2, 0.25) is 0 Å². The average Bonchev–Trinajstić information content (AvgIpc) is 2.82. The molecule has 0 aliphatic carbocycles. The second-order valence-corrected chi connectivity index (χ2v) is 3.53. The van der Waals surface area contributed by atoms with Crippen LogP contribution in [-0.2, 0) is 0 Å². The van der Waals surface area contributed by atoms with Crippen molar-refractivity contribution in [3.63, 3.8) is 0 Å². The first kappa shape index (κ1) is 10.8.